The number of hydrogen-bond donors (Lipinski definition) is 1. The third-order valence-electron chi connectivity index (χ3n) is 11.2. The normalized spacial score (nSPS) is 18.9. The highest BCUT2D eigenvalue weighted by Gasteiger charge is 2.39. The summed E-state index contributed by atoms with van der Waals surface area (Å²) in [4.78, 5) is 84.8. The molecule has 0 saturated carbocycles. The molecule has 338 valence electrons. The molecule has 8 rings (SSSR count). The fraction of sp³-hybridized carbons (Fsp3) is 0.511. The van der Waals surface area contributed by atoms with Crippen LogP contribution >= 0.6 is 0 Å². The molecule has 4 amide bonds. The van der Waals surface area contributed by atoms with Gasteiger partial charge in [-0.3, -0.25) is 27.9 Å². The van der Waals surface area contributed by atoms with Gasteiger partial charge in [0, 0.05) is 59.5 Å². The van der Waals surface area contributed by atoms with Crippen LogP contribution < -0.4 is 11.4 Å². The van der Waals surface area contributed by atoms with Crippen LogP contribution in [0.5, 0.6) is 0 Å². The summed E-state index contributed by atoms with van der Waals surface area (Å²) in [5.41, 5.74) is 1.70. The zero-order chi connectivity index (χ0) is 45.4. The summed E-state index contributed by atoms with van der Waals surface area (Å²) in [6, 6.07) is 19.2. The molecule has 18 nitrogen and oxygen atoms in total. The van der Waals surface area contributed by atoms with Gasteiger partial charge in [-0.1, -0.05) is 60.7 Å². The zero-order valence-corrected chi connectivity index (χ0v) is 37.1. The summed E-state index contributed by atoms with van der Waals surface area (Å²) < 4.78 is 22.6. The van der Waals surface area contributed by atoms with Gasteiger partial charge in [-0.05, 0) is 52.7 Å². The second kappa shape index (κ2) is 17.9. The Labute approximate surface area is 365 Å². The number of carbonyl (C=O) groups excluding carboxylic acids is 4. The van der Waals surface area contributed by atoms with Crippen LogP contribution in [0.4, 0.5) is 9.59 Å². The lowest BCUT2D eigenvalue weighted by atomic mass is 10.2. The lowest BCUT2D eigenvalue weighted by molar-refractivity contribution is 0.0186. The molecule has 6 heterocycles. The first kappa shape index (κ1) is 44.9. The van der Waals surface area contributed by atoms with Crippen molar-refractivity contribution in [2.75, 3.05) is 33.3 Å². The number of rotatable bonds is 5. The highest BCUT2D eigenvalue weighted by molar-refractivity contribution is 5.95. The summed E-state index contributed by atoms with van der Waals surface area (Å²) in [6.07, 6.45) is -2.10. The van der Waals surface area contributed by atoms with E-state index in [1.54, 1.807) is 47.1 Å². The van der Waals surface area contributed by atoms with Crippen molar-refractivity contribution in [1.82, 2.24) is 37.9 Å². The quantitative estimate of drug-likeness (QED) is 0.312. The number of carbonyl (C=O) groups is 4. The van der Waals surface area contributed by atoms with Gasteiger partial charge in [0.1, 0.15) is 22.6 Å². The fourth-order valence-corrected chi connectivity index (χ4v) is 8.33. The third-order valence-corrected chi connectivity index (χ3v) is 11.2. The molecule has 0 bridgehead atoms. The van der Waals surface area contributed by atoms with Gasteiger partial charge < -0.3 is 38.9 Å². The van der Waals surface area contributed by atoms with E-state index in [0.717, 1.165) is 11.1 Å². The Morgan fingerprint density at radius 2 is 1.00 bits per heavy atom. The van der Waals surface area contributed by atoms with Crippen LogP contribution in [-0.2, 0) is 66.6 Å². The Bertz CT molecular complexity index is 2460. The first-order valence-corrected chi connectivity index (χ1v) is 21.3. The summed E-state index contributed by atoms with van der Waals surface area (Å²) in [5, 5.41) is 10.5. The number of aromatic nitrogens is 4. The summed E-state index contributed by atoms with van der Waals surface area (Å²) in [6.45, 7) is 13.9. The minimum absolute atomic E-state index is 0.0393. The van der Waals surface area contributed by atoms with Crippen molar-refractivity contribution >= 4 is 24.0 Å². The van der Waals surface area contributed by atoms with E-state index >= 15 is 0 Å². The maximum absolute atomic E-state index is 13.7. The molecule has 0 saturated heterocycles. The van der Waals surface area contributed by atoms with E-state index < -0.39 is 29.5 Å². The Kier molecular flexibility index (Phi) is 12.8. The van der Waals surface area contributed by atoms with E-state index in [9.17, 15) is 33.9 Å². The minimum Gasteiger partial charge on any atom is -0.444 e. The molecule has 0 fully saturated rings. The standard InChI is InChI=1S/C23H30N4O5.C22H28N4O5/c1-23(2,3)32-22(30)24-10-11-26-18(15-24)19-20(28)25(12-16-8-6-5-7-9-16)13-17(31-4)14-27(19)21(26)29;1-22(2,3)31-21(30)23-9-10-25-17(14-23)18-19(28)24(11-15-7-5-4-6-8-15)12-16(27)13-26(18)20(25)29/h5-9,17H,10-15H2,1-4H3;4-8,16,27H,9-14H2,1-3H3. The number of aliphatic hydroxyl groups excluding tert-OH is 1. The van der Waals surface area contributed by atoms with Crippen LogP contribution in [0.2, 0.25) is 0 Å². The van der Waals surface area contributed by atoms with Crippen LogP contribution in [0.25, 0.3) is 0 Å². The van der Waals surface area contributed by atoms with E-state index in [1.807, 2.05) is 81.4 Å². The number of imidazole rings is 2. The molecule has 4 aliphatic heterocycles. The molecule has 2 unspecified atom stereocenters. The predicted molar refractivity (Wildman–Crippen MR) is 230 cm³/mol. The molecule has 63 heavy (non-hydrogen) atoms. The molecular weight excluding hydrogens is 813 g/mol. The number of hydrogen-bond acceptors (Lipinski definition) is 10. The van der Waals surface area contributed by atoms with Crippen LogP contribution in [0.1, 0.15) is 85.0 Å². The molecule has 0 radical (unpaired) electrons. The monoisotopic (exact) mass is 870 g/mol. The highest BCUT2D eigenvalue weighted by atomic mass is 16.6. The lowest BCUT2D eigenvalue weighted by Crippen LogP contribution is -2.44. The second-order valence-corrected chi connectivity index (χ2v) is 18.3. The number of methoxy groups -OCH3 is 1. The van der Waals surface area contributed by atoms with E-state index in [4.69, 9.17) is 14.2 Å². The molecule has 4 aliphatic rings. The van der Waals surface area contributed by atoms with Crippen molar-refractivity contribution in [1.29, 1.82) is 0 Å². The van der Waals surface area contributed by atoms with Crippen molar-refractivity contribution in [3.63, 3.8) is 0 Å². The largest absolute Gasteiger partial charge is 0.444 e. The number of fused-ring (bicyclic) bond motifs is 6. The average molecular weight is 871 g/mol. The van der Waals surface area contributed by atoms with Gasteiger partial charge in [-0.2, -0.15) is 0 Å². The molecule has 0 aliphatic carbocycles. The first-order valence-electron chi connectivity index (χ1n) is 21.3. The predicted octanol–water partition coefficient (Wildman–Crippen LogP) is 3.49. The summed E-state index contributed by atoms with van der Waals surface area (Å²) in [5.74, 6) is -0.553. The Hall–Kier alpha value is -6.14. The van der Waals surface area contributed by atoms with Crippen LogP contribution in [-0.4, -0.2) is 124 Å². The molecule has 18 heteroatoms. The number of ether oxygens (including phenoxy) is 3. The second-order valence-electron chi connectivity index (χ2n) is 18.3. The van der Waals surface area contributed by atoms with Gasteiger partial charge in [0.25, 0.3) is 11.8 Å². The van der Waals surface area contributed by atoms with Crippen molar-refractivity contribution in [3.8, 4) is 0 Å². The third kappa shape index (κ3) is 9.91. The number of aliphatic hydroxyl groups is 1. The smallest absolute Gasteiger partial charge is 0.410 e. The molecule has 2 aromatic carbocycles. The Balaban J connectivity index is 0.000000189. The van der Waals surface area contributed by atoms with Gasteiger partial charge in [-0.25, -0.2) is 19.2 Å². The topological polar surface area (TPSA) is 183 Å². The molecular formula is C45H58N8O10. The first-order chi connectivity index (χ1) is 29.8. The number of nitrogens with zero attached hydrogens (tertiary/aromatic N) is 8. The number of benzene rings is 2. The van der Waals surface area contributed by atoms with E-state index in [2.05, 4.69) is 0 Å². The van der Waals surface area contributed by atoms with E-state index in [-0.39, 0.29) is 74.3 Å². The van der Waals surface area contributed by atoms with Crippen LogP contribution in [0.15, 0.2) is 70.3 Å². The summed E-state index contributed by atoms with van der Waals surface area (Å²) >= 11 is 0. The van der Waals surface area contributed by atoms with Gasteiger partial charge >= 0.3 is 23.6 Å². The fourth-order valence-electron chi connectivity index (χ4n) is 8.33. The van der Waals surface area contributed by atoms with Crippen molar-refractivity contribution in [2.45, 2.75) is 117 Å². The molecule has 2 aromatic heterocycles. The van der Waals surface area contributed by atoms with E-state index in [1.165, 1.54) is 18.6 Å². The Morgan fingerprint density at radius 1 is 0.587 bits per heavy atom. The average Bonchev–Trinajstić information content (AvgIpc) is 3.54. The maximum Gasteiger partial charge on any atom is 0.410 e. The zero-order valence-electron chi connectivity index (χ0n) is 37.1. The van der Waals surface area contributed by atoms with Crippen molar-refractivity contribution in [3.05, 3.63) is 116 Å². The van der Waals surface area contributed by atoms with Crippen LogP contribution in [0.3, 0.4) is 0 Å². The lowest BCUT2D eigenvalue weighted by Gasteiger charge is -2.31. The van der Waals surface area contributed by atoms with Gasteiger partial charge in [0.2, 0.25) is 0 Å². The Morgan fingerprint density at radius 3 is 1.41 bits per heavy atom. The minimum atomic E-state index is -0.863. The van der Waals surface area contributed by atoms with E-state index in [0.29, 0.717) is 56.4 Å². The summed E-state index contributed by atoms with van der Waals surface area (Å²) in [7, 11) is 1.59. The molecule has 2 atom stereocenters. The molecule has 4 aromatic rings. The van der Waals surface area contributed by atoms with Crippen molar-refractivity contribution in [2.24, 2.45) is 0 Å². The number of β-amino-alcohol motifs (C(OH)–C–C–N with tert-alkyl or cyclic N) is 1. The van der Waals surface area contributed by atoms with Crippen LogP contribution in [0, 0.1) is 0 Å². The van der Waals surface area contributed by atoms with Gasteiger partial charge in [-0.15, -0.1) is 0 Å². The van der Waals surface area contributed by atoms with Gasteiger partial charge in [0.15, 0.2) is 0 Å². The highest BCUT2D eigenvalue weighted by Crippen LogP contribution is 2.26. The molecule has 0 spiro atoms. The number of amides is 4. The maximum atomic E-state index is 13.7. The van der Waals surface area contributed by atoms with Gasteiger partial charge in [0.05, 0.1) is 49.8 Å². The van der Waals surface area contributed by atoms with Crippen molar-refractivity contribution < 1.29 is 38.5 Å². The molecule has 1 N–H and O–H groups in total. The SMILES string of the molecule is CC(C)(C)OC(=O)N1CCn2c(c3n(c2=O)CC(O)CN(Cc2ccccc2)C3=O)C1.COC1CN(Cc2ccccc2)C(=O)c2c3n(c(=O)n2C1)CCN(C(=O)OC(C)(C)C)C3.